The molecule has 0 unspecified atom stereocenters. The van der Waals surface area contributed by atoms with Crippen LogP contribution in [0, 0.1) is 0 Å². The lowest BCUT2D eigenvalue weighted by atomic mass is 10.2. The molecule has 0 atom stereocenters. The van der Waals surface area contributed by atoms with Gasteiger partial charge in [0.25, 0.3) is 0 Å². The van der Waals surface area contributed by atoms with Crippen LogP contribution in [-0.2, 0) is 11.0 Å². The Labute approximate surface area is 93.5 Å². The number of halogens is 4. The molecule has 86 valence electrons. The molecule has 0 fully saturated rings. The predicted molar refractivity (Wildman–Crippen MR) is 50.8 cm³/mol. The minimum absolute atomic E-state index is 0.0991. The van der Waals surface area contributed by atoms with Gasteiger partial charge in [-0.05, 0) is 12.1 Å². The van der Waals surface area contributed by atoms with Crippen LogP contribution in [0.25, 0.3) is 0 Å². The first kappa shape index (κ1) is 12.5. The van der Waals surface area contributed by atoms with E-state index in [0.717, 1.165) is 6.08 Å². The highest BCUT2D eigenvalue weighted by atomic mass is 35.5. The fourth-order valence-electron chi connectivity index (χ4n) is 1.08. The maximum Gasteiger partial charge on any atom is 0.416 e. The average molecular weight is 252 g/mol. The van der Waals surface area contributed by atoms with Gasteiger partial charge in [0.15, 0.2) is 5.75 Å². The van der Waals surface area contributed by atoms with Gasteiger partial charge in [-0.3, -0.25) is 0 Å². The summed E-state index contributed by atoms with van der Waals surface area (Å²) in [5.74, 6) is -0.0991. The maximum absolute atomic E-state index is 12.4. The maximum atomic E-state index is 12.4. The highest BCUT2D eigenvalue weighted by Crippen LogP contribution is 2.41. The lowest BCUT2D eigenvalue weighted by Gasteiger charge is -2.11. The molecule has 1 rings (SSSR count). The third kappa shape index (κ3) is 2.53. The van der Waals surface area contributed by atoms with Gasteiger partial charge in [-0.1, -0.05) is 11.6 Å². The molecular formula is C9H5ClF3NO2. The van der Waals surface area contributed by atoms with Crippen LogP contribution < -0.4 is 4.74 Å². The highest BCUT2D eigenvalue weighted by molar-refractivity contribution is 6.32. The summed E-state index contributed by atoms with van der Waals surface area (Å²) >= 11 is 5.56. The smallest absolute Gasteiger partial charge is 0.416 e. The molecule has 0 saturated heterocycles. The van der Waals surface area contributed by atoms with Crippen LogP contribution in [0.1, 0.15) is 5.56 Å². The minimum atomic E-state index is -4.57. The van der Waals surface area contributed by atoms with Crippen molar-refractivity contribution in [2.24, 2.45) is 4.99 Å². The zero-order chi connectivity index (χ0) is 12.3. The van der Waals surface area contributed by atoms with Crippen LogP contribution in [-0.4, -0.2) is 13.2 Å². The Morgan fingerprint density at radius 2 is 2.06 bits per heavy atom. The van der Waals surface area contributed by atoms with Crippen molar-refractivity contribution in [3.63, 3.8) is 0 Å². The molecule has 0 amide bonds. The van der Waals surface area contributed by atoms with Crippen molar-refractivity contribution in [1.82, 2.24) is 0 Å². The van der Waals surface area contributed by atoms with E-state index >= 15 is 0 Å². The van der Waals surface area contributed by atoms with Gasteiger partial charge in [-0.25, -0.2) is 4.79 Å². The Morgan fingerprint density at radius 1 is 1.44 bits per heavy atom. The molecule has 1 aromatic carbocycles. The van der Waals surface area contributed by atoms with Gasteiger partial charge in [0, 0.05) is 0 Å². The minimum Gasteiger partial charge on any atom is -0.493 e. The zero-order valence-corrected chi connectivity index (χ0v) is 8.69. The standard InChI is InChI=1S/C9H5ClF3NO2/c1-16-8-6(10)2-5(9(11,12)13)3-7(8)14-4-15/h2-3H,1H3. The molecule has 3 nitrogen and oxygen atoms in total. The van der Waals surface area contributed by atoms with Crippen LogP contribution in [0.2, 0.25) is 5.02 Å². The van der Waals surface area contributed by atoms with Crippen molar-refractivity contribution in [3.05, 3.63) is 22.7 Å². The molecule has 0 radical (unpaired) electrons. The van der Waals surface area contributed by atoms with E-state index in [1.807, 2.05) is 0 Å². The number of aliphatic imine (C=N–C) groups is 1. The Morgan fingerprint density at radius 3 is 2.50 bits per heavy atom. The van der Waals surface area contributed by atoms with Gasteiger partial charge >= 0.3 is 6.18 Å². The van der Waals surface area contributed by atoms with Crippen molar-refractivity contribution < 1.29 is 22.7 Å². The van der Waals surface area contributed by atoms with Crippen molar-refractivity contribution >= 4 is 23.4 Å². The van der Waals surface area contributed by atoms with E-state index in [-0.39, 0.29) is 16.5 Å². The van der Waals surface area contributed by atoms with E-state index in [1.54, 1.807) is 0 Å². The summed E-state index contributed by atoms with van der Waals surface area (Å²) in [7, 11) is 1.21. The first-order chi connectivity index (χ1) is 7.40. The van der Waals surface area contributed by atoms with Crippen molar-refractivity contribution in [2.75, 3.05) is 7.11 Å². The second-order valence-electron chi connectivity index (χ2n) is 2.71. The molecular weight excluding hydrogens is 247 g/mol. The van der Waals surface area contributed by atoms with Gasteiger partial charge in [0.1, 0.15) is 5.69 Å². The molecule has 0 bridgehead atoms. The van der Waals surface area contributed by atoms with Crippen LogP contribution in [0.4, 0.5) is 18.9 Å². The van der Waals surface area contributed by atoms with Crippen LogP contribution >= 0.6 is 11.6 Å². The Hall–Kier alpha value is -1.52. The zero-order valence-electron chi connectivity index (χ0n) is 7.93. The van der Waals surface area contributed by atoms with Gasteiger partial charge in [0.05, 0.1) is 17.7 Å². The number of isocyanates is 1. The molecule has 0 aliphatic carbocycles. The second-order valence-corrected chi connectivity index (χ2v) is 3.12. The van der Waals surface area contributed by atoms with Gasteiger partial charge in [-0.2, -0.15) is 18.2 Å². The summed E-state index contributed by atoms with van der Waals surface area (Å²) in [5.41, 5.74) is -1.32. The largest absolute Gasteiger partial charge is 0.493 e. The lowest BCUT2D eigenvalue weighted by Crippen LogP contribution is -2.05. The van der Waals surface area contributed by atoms with E-state index in [4.69, 9.17) is 16.3 Å². The summed E-state index contributed by atoms with van der Waals surface area (Å²) < 4.78 is 41.9. The molecule has 0 aliphatic rings. The van der Waals surface area contributed by atoms with E-state index in [2.05, 4.69) is 4.99 Å². The molecule has 0 N–H and O–H groups in total. The summed E-state index contributed by atoms with van der Waals surface area (Å²) in [6, 6.07) is 1.36. The average Bonchev–Trinajstić information content (AvgIpc) is 2.16. The Kier molecular flexibility index (Phi) is 3.57. The molecule has 0 aliphatic heterocycles. The van der Waals surface area contributed by atoms with E-state index in [0.29, 0.717) is 12.1 Å². The number of nitrogens with zero attached hydrogens (tertiary/aromatic N) is 1. The summed E-state index contributed by atoms with van der Waals surface area (Å²) in [6.07, 6.45) is -3.43. The van der Waals surface area contributed by atoms with Crippen molar-refractivity contribution in [3.8, 4) is 5.75 Å². The summed E-state index contributed by atoms with van der Waals surface area (Å²) in [6.45, 7) is 0. The normalized spacial score (nSPS) is 10.8. The molecule has 0 spiro atoms. The van der Waals surface area contributed by atoms with E-state index in [1.165, 1.54) is 7.11 Å². The number of hydrogen-bond acceptors (Lipinski definition) is 3. The lowest BCUT2D eigenvalue weighted by molar-refractivity contribution is -0.137. The quantitative estimate of drug-likeness (QED) is 0.597. The van der Waals surface area contributed by atoms with Crippen molar-refractivity contribution in [2.45, 2.75) is 6.18 Å². The van der Waals surface area contributed by atoms with E-state index in [9.17, 15) is 18.0 Å². The Balaban J connectivity index is 3.45. The molecule has 7 heteroatoms. The fraction of sp³-hybridized carbons (Fsp3) is 0.222. The second kappa shape index (κ2) is 4.55. The van der Waals surface area contributed by atoms with Gasteiger partial charge < -0.3 is 4.74 Å². The third-order valence-corrected chi connectivity index (χ3v) is 2.00. The third-order valence-electron chi connectivity index (χ3n) is 1.72. The first-order valence-electron chi connectivity index (χ1n) is 3.92. The van der Waals surface area contributed by atoms with Gasteiger partial charge in [-0.15, -0.1) is 0 Å². The van der Waals surface area contributed by atoms with Crippen LogP contribution in [0.5, 0.6) is 5.75 Å². The van der Waals surface area contributed by atoms with E-state index < -0.39 is 11.7 Å². The molecule has 1 aromatic rings. The molecule has 16 heavy (non-hydrogen) atoms. The van der Waals surface area contributed by atoms with Crippen molar-refractivity contribution in [1.29, 1.82) is 0 Å². The number of ether oxygens (including phenoxy) is 1. The topological polar surface area (TPSA) is 38.7 Å². The van der Waals surface area contributed by atoms with Crippen LogP contribution in [0.3, 0.4) is 0 Å². The highest BCUT2D eigenvalue weighted by Gasteiger charge is 2.32. The molecule has 0 aromatic heterocycles. The summed E-state index contributed by atoms with van der Waals surface area (Å²) in [4.78, 5) is 13.1. The number of methoxy groups -OCH3 is 1. The number of alkyl halides is 3. The van der Waals surface area contributed by atoms with Gasteiger partial charge in [0.2, 0.25) is 6.08 Å². The number of rotatable bonds is 2. The molecule has 0 heterocycles. The number of hydrogen-bond donors (Lipinski definition) is 0. The first-order valence-corrected chi connectivity index (χ1v) is 4.30. The SMILES string of the molecule is COc1c(Cl)cc(C(F)(F)F)cc1N=C=O. The predicted octanol–water partition coefficient (Wildman–Crippen LogP) is 3.33. The number of carbonyl (C=O) groups excluding carboxylic acids is 1. The monoisotopic (exact) mass is 251 g/mol. The number of benzene rings is 1. The summed E-state index contributed by atoms with van der Waals surface area (Å²) in [5, 5.41) is -0.272. The fourth-order valence-corrected chi connectivity index (χ4v) is 1.37. The molecule has 0 saturated carbocycles. The van der Waals surface area contributed by atoms with Crippen LogP contribution in [0.15, 0.2) is 17.1 Å². The Bertz CT molecular complexity index is 453.